The second kappa shape index (κ2) is 6.35. The van der Waals surface area contributed by atoms with Gasteiger partial charge in [0.25, 0.3) is 5.19 Å². The molecule has 0 aliphatic carbocycles. The molecule has 0 saturated heterocycles. The average Bonchev–Trinajstić information content (AvgIpc) is 2.87. The molecule has 1 N–H and O–H groups in total. The fraction of sp³-hybridized carbons (Fsp3) is 0.333. The Bertz CT molecular complexity index is 523. The van der Waals surface area contributed by atoms with E-state index in [4.69, 9.17) is 14.2 Å². The van der Waals surface area contributed by atoms with E-state index < -0.39 is 0 Å². The first-order valence-corrected chi connectivity index (χ1v) is 6.46. The second-order valence-corrected chi connectivity index (χ2v) is 4.61. The van der Waals surface area contributed by atoms with Gasteiger partial charge in [-0.2, -0.15) is 0 Å². The quantitative estimate of drug-likeness (QED) is 0.874. The van der Waals surface area contributed by atoms with Crippen molar-refractivity contribution < 1.29 is 14.2 Å². The van der Waals surface area contributed by atoms with E-state index >= 15 is 0 Å². The summed E-state index contributed by atoms with van der Waals surface area (Å²) >= 11 is 1.37. The molecule has 1 aromatic heterocycles. The number of ether oxygens (including phenoxy) is 3. The lowest BCUT2D eigenvalue weighted by molar-refractivity contribution is 0.344. The van der Waals surface area contributed by atoms with Crippen LogP contribution >= 0.6 is 11.3 Å². The van der Waals surface area contributed by atoms with Gasteiger partial charge >= 0.3 is 0 Å². The molecule has 1 heterocycles. The van der Waals surface area contributed by atoms with Gasteiger partial charge in [0.05, 0.1) is 14.2 Å². The van der Waals surface area contributed by atoms with Crippen molar-refractivity contribution in [3.8, 4) is 22.4 Å². The Morgan fingerprint density at radius 3 is 2.42 bits per heavy atom. The lowest BCUT2D eigenvalue weighted by Gasteiger charge is -2.11. The Hall–Kier alpha value is -1.86. The Kier molecular flexibility index (Phi) is 4.53. The number of aromatic nitrogens is 2. The van der Waals surface area contributed by atoms with Crippen molar-refractivity contribution in [1.82, 2.24) is 15.5 Å². The fourth-order valence-electron chi connectivity index (χ4n) is 1.51. The maximum atomic E-state index is 5.72. The third-order valence-electron chi connectivity index (χ3n) is 2.35. The SMILES string of the molecule is CNCc1nnc(Oc2c(OC)cccc2OC)s1. The summed E-state index contributed by atoms with van der Waals surface area (Å²) in [4.78, 5) is 0. The smallest absolute Gasteiger partial charge is 0.299 e. The summed E-state index contributed by atoms with van der Waals surface area (Å²) in [7, 11) is 5.01. The average molecular weight is 281 g/mol. The van der Waals surface area contributed by atoms with Crippen molar-refractivity contribution >= 4 is 11.3 Å². The van der Waals surface area contributed by atoms with Crippen LogP contribution in [0.15, 0.2) is 18.2 Å². The lowest BCUT2D eigenvalue weighted by Crippen LogP contribution is -2.04. The minimum absolute atomic E-state index is 0.452. The van der Waals surface area contributed by atoms with Crippen LogP contribution in [0.4, 0.5) is 0 Å². The summed E-state index contributed by atoms with van der Waals surface area (Å²) in [5.74, 6) is 1.68. The Balaban J connectivity index is 2.25. The Morgan fingerprint density at radius 2 is 1.84 bits per heavy atom. The van der Waals surface area contributed by atoms with Crippen molar-refractivity contribution in [2.45, 2.75) is 6.54 Å². The molecule has 0 bridgehead atoms. The number of hydrogen-bond acceptors (Lipinski definition) is 7. The van der Waals surface area contributed by atoms with Crippen LogP contribution < -0.4 is 19.5 Å². The van der Waals surface area contributed by atoms with Gasteiger partial charge in [0.15, 0.2) is 11.5 Å². The number of nitrogens with one attached hydrogen (secondary N) is 1. The molecular weight excluding hydrogens is 266 g/mol. The van der Waals surface area contributed by atoms with Crippen LogP contribution in [0.3, 0.4) is 0 Å². The van der Waals surface area contributed by atoms with Crippen molar-refractivity contribution in [3.63, 3.8) is 0 Å². The fourth-order valence-corrected chi connectivity index (χ4v) is 2.21. The second-order valence-electron chi connectivity index (χ2n) is 3.59. The predicted molar refractivity (Wildman–Crippen MR) is 72.3 cm³/mol. The maximum Gasteiger partial charge on any atom is 0.299 e. The van der Waals surface area contributed by atoms with Gasteiger partial charge in [0.1, 0.15) is 5.01 Å². The standard InChI is InChI=1S/C12H15N3O3S/c1-13-7-10-14-15-12(19-10)18-11-8(16-2)5-4-6-9(11)17-3/h4-6,13H,7H2,1-3H3. The molecule has 0 aliphatic rings. The molecular formula is C12H15N3O3S. The monoisotopic (exact) mass is 281 g/mol. The topological polar surface area (TPSA) is 65.5 Å². The van der Waals surface area contributed by atoms with E-state index in [-0.39, 0.29) is 0 Å². The molecule has 0 amide bonds. The molecule has 2 aromatic rings. The van der Waals surface area contributed by atoms with Gasteiger partial charge in [-0.25, -0.2) is 0 Å². The normalized spacial score (nSPS) is 10.3. The molecule has 0 saturated carbocycles. The molecule has 102 valence electrons. The summed E-state index contributed by atoms with van der Waals surface area (Å²) in [6.45, 7) is 0.657. The van der Waals surface area contributed by atoms with E-state index in [0.29, 0.717) is 29.0 Å². The van der Waals surface area contributed by atoms with Crippen LogP contribution in [-0.2, 0) is 6.54 Å². The molecule has 0 unspecified atom stereocenters. The number of rotatable bonds is 6. The number of para-hydroxylation sites is 1. The summed E-state index contributed by atoms with van der Waals surface area (Å²) < 4.78 is 16.2. The number of hydrogen-bond donors (Lipinski definition) is 1. The van der Waals surface area contributed by atoms with Gasteiger partial charge in [-0.1, -0.05) is 22.5 Å². The zero-order chi connectivity index (χ0) is 13.7. The Labute approximate surface area is 115 Å². The summed E-state index contributed by atoms with van der Waals surface area (Å²) in [5, 5.41) is 12.3. The largest absolute Gasteiger partial charge is 0.493 e. The van der Waals surface area contributed by atoms with E-state index in [9.17, 15) is 0 Å². The molecule has 0 radical (unpaired) electrons. The zero-order valence-corrected chi connectivity index (χ0v) is 11.8. The van der Waals surface area contributed by atoms with Crippen molar-refractivity contribution in [2.24, 2.45) is 0 Å². The van der Waals surface area contributed by atoms with E-state index in [2.05, 4.69) is 15.5 Å². The molecule has 0 atom stereocenters. The van der Waals surface area contributed by atoms with Crippen molar-refractivity contribution in [1.29, 1.82) is 0 Å². The highest BCUT2D eigenvalue weighted by Crippen LogP contribution is 2.40. The summed E-state index contributed by atoms with van der Waals surface area (Å²) in [6.07, 6.45) is 0. The number of nitrogens with zero attached hydrogens (tertiary/aromatic N) is 2. The van der Waals surface area contributed by atoms with Crippen LogP contribution in [0.25, 0.3) is 0 Å². The summed E-state index contributed by atoms with van der Waals surface area (Å²) in [5.41, 5.74) is 0. The molecule has 0 fully saturated rings. The first-order valence-electron chi connectivity index (χ1n) is 5.64. The molecule has 7 heteroatoms. The van der Waals surface area contributed by atoms with E-state index in [1.54, 1.807) is 26.4 Å². The highest BCUT2D eigenvalue weighted by Gasteiger charge is 2.14. The maximum absolute atomic E-state index is 5.72. The van der Waals surface area contributed by atoms with Gasteiger partial charge in [-0.05, 0) is 19.2 Å². The molecule has 6 nitrogen and oxygen atoms in total. The number of benzene rings is 1. The zero-order valence-electron chi connectivity index (χ0n) is 11.0. The Morgan fingerprint density at radius 1 is 1.16 bits per heavy atom. The van der Waals surface area contributed by atoms with Crippen LogP contribution in [0.2, 0.25) is 0 Å². The van der Waals surface area contributed by atoms with Gasteiger partial charge in [0.2, 0.25) is 5.75 Å². The lowest BCUT2D eigenvalue weighted by atomic mass is 10.3. The highest BCUT2D eigenvalue weighted by atomic mass is 32.1. The van der Waals surface area contributed by atoms with Crippen molar-refractivity contribution in [2.75, 3.05) is 21.3 Å². The molecule has 0 spiro atoms. The third kappa shape index (κ3) is 3.12. The van der Waals surface area contributed by atoms with Gasteiger partial charge in [-0.15, -0.1) is 5.10 Å². The van der Waals surface area contributed by atoms with Crippen LogP contribution in [0.5, 0.6) is 22.4 Å². The van der Waals surface area contributed by atoms with Crippen LogP contribution in [0.1, 0.15) is 5.01 Å². The molecule has 19 heavy (non-hydrogen) atoms. The number of methoxy groups -OCH3 is 2. The molecule has 1 aromatic carbocycles. The highest BCUT2D eigenvalue weighted by molar-refractivity contribution is 7.13. The van der Waals surface area contributed by atoms with Crippen LogP contribution in [0, 0.1) is 0 Å². The van der Waals surface area contributed by atoms with E-state index in [1.807, 2.05) is 13.1 Å². The minimum atomic E-state index is 0.452. The minimum Gasteiger partial charge on any atom is -0.493 e. The van der Waals surface area contributed by atoms with Gasteiger partial charge in [0, 0.05) is 6.54 Å². The van der Waals surface area contributed by atoms with Gasteiger partial charge < -0.3 is 19.5 Å². The first kappa shape index (κ1) is 13.6. The van der Waals surface area contributed by atoms with Crippen molar-refractivity contribution in [3.05, 3.63) is 23.2 Å². The predicted octanol–water partition coefficient (Wildman–Crippen LogP) is 2.07. The molecule has 2 rings (SSSR count). The van der Waals surface area contributed by atoms with E-state index in [0.717, 1.165) is 5.01 Å². The molecule has 0 aliphatic heterocycles. The third-order valence-corrected chi connectivity index (χ3v) is 3.15. The van der Waals surface area contributed by atoms with E-state index in [1.165, 1.54) is 11.3 Å². The summed E-state index contributed by atoms with van der Waals surface area (Å²) in [6, 6.07) is 5.43. The van der Waals surface area contributed by atoms with Gasteiger partial charge in [-0.3, -0.25) is 0 Å². The van der Waals surface area contributed by atoms with Crippen LogP contribution in [-0.4, -0.2) is 31.5 Å². The first-order chi connectivity index (χ1) is 9.28.